The predicted molar refractivity (Wildman–Crippen MR) is 99.2 cm³/mol. The maximum atomic E-state index is 11.5. The molecule has 0 heterocycles. The summed E-state index contributed by atoms with van der Waals surface area (Å²) in [6.07, 6.45) is 0.279. The molecule has 1 amide bonds. The van der Waals surface area contributed by atoms with Gasteiger partial charge in [0.2, 0.25) is 0 Å². The number of ether oxygens (including phenoxy) is 1. The molecule has 0 aromatic heterocycles. The zero-order valence-electron chi connectivity index (χ0n) is 14.1. The van der Waals surface area contributed by atoms with Crippen LogP contribution in [0.4, 0.5) is 4.79 Å². The van der Waals surface area contributed by atoms with Gasteiger partial charge >= 0.3 is 16.2 Å². The van der Waals surface area contributed by atoms with Crippen molar-refractivity contribution in [1.82, 2.24) is 5.43 Å². The number of rotatable bonds is 6. The summed E-state index contributed by atoms with van der Waals surface area (Å²) in [5.41, 5.74) is 4.09. The van der Waals surface area contributed by atoms with Gasteiger partial charge in [0.15, 0.2) is 0 Å². The molecule has 2 aromatic rings. The van der Waals surface area contributed by atoms with Crippen LogP contribution in [0.2, 0.25) is 5.02 Å². The minimum absolute atomic E-state index is 0.171. The van der Waals surface area contributed by atoms with Crippen LogP contribution in [0.15, 0.2) is 53.6 Å². The van der Waals surface area contributed by atoms with Crippen molar-refractivity contribution in [3.8, 4) is 5.75 Å². The molecule has 2 rings (SSSR count). The molecule has 9 heteroatoms. The van der Waals surface area contributed by atoms with Crippen molar-refractivity contribution in [2.75, 3.05) is 12.9 Å². The predicted octanol–water partition coefficient (Wildman–Crippen LogP) is 3.18. The lowest BCUT2D eigenvalue weighted by atomic mass is 10.0. The lowest BCUT2D eigenvalue weighted by Crippen LogP contribution is -2.21. The minimum atomic E-state index is -3.61. The highest BCUT2D eigenvalue weighted by Gasteiger charge is 2.11. The fourth-order valence-corrected chi connectivity index (χ4v) is 2.60. The van der Waals surface area contributed by atoms with Crippen LogP contribution in [0.1, 0.15) is 18.1 Å². The molecule has 138 valence electrons. The largest absolute Gasteiger partial charge is 0.449 e. The summed E-state index contributed by atoms with van der Waals surface area (Å²) >= 11 is 5.91. The first kappa shape index (κ1) is 19.7. The van der Waals surface area contributed by atoms with Crippen LogP contribution >= 0.6 is 11.6 Å². The van der Waals surface area contributed by atoms with Crippen molar-refractivity contribution in [1.29, 1.82) is 0 Å². The molecule has 2 aromatic carbocycles. The van der Waals surface area contributed by atoms with Gasteiger partial charge in [0.25, 0.3) is 0 Å². The Kier molecular flexibility index (Phi) is 6.59. The molecule has 7 nitrogen and oxygen atoms in total. The van der Waals surface area contributed by atoms with Crippen LogP contribution in [-0.4, -0.2) is 33.1 Å². The molecule has 0 saturated carbocycles. The van der Waals surface area contributed by atoms with Gasteiger partial charge in [-0.3, -0.25) is 0 Å². The Morgan fingerprint density at radius 3 is 2.12 bits per heavy atom. The van der Waals surface area contributed by atoms with Gasteiger partial charge in [0.05, 0.1) is 18.6 Å². The van der Waals surface area contributed by atoms with Gasteiger partial charge in [-0.2, -0.15) is 13.5 Å². The molecular weight excluding hydrogens is 380 g/mol. The first-order chi connectivity index (χ1) is 12.3. The molecule has 26 heavy (non-hydrogen) atoms. The van der Waals surface area contributed by atoms with E-state index >= 15 is 0 Å². The lowest BCUT2D eigenvalue weighted by Gasteiger charge is -2.09. The second-order valence-electron chi connectivity index (χ2n) is 5.11. The Bertz CT molecular complexity index is 894. The van der Waals surface area contributed by atoms with E-state index in [1.165, 1.54) is 12.1 Å². The standard InChI is InChI=1S/C17H17ClN2O5S/c1-3-24-17(21)20-19-16(12-4-8-14(18)9-5-12)13-6-10-15(11-7-13)25-26(2,22)23/h4-11H,3H2,1-2H3,(H,20,21)/b19-16-. The Morgan fingerprint density at radius 2 is 1.62 bits per heavy atom. The van der Waals surface area contributed by atoms with E-state index in [0.29, 0.717) is 21.9 Å². The highest BCUT2D eigenvalue weighted by Crippen LogP contribution is 2.18. The molecule has 1 N–H and O–H groups in total. The number of amides is 1. The quantitative estimate of drug-likeness (QED) is 0.459. The summed E-state index contributed by atoms with van der Waals surface area (Å²) < 4.78 is 32.0. The first-order valence-corrected chi connectivity index (χ1v) is 9.74. The van der Waals surface area contributed by atoms with Crippen LogP contribution in [0.3, 0.4) is 0 Å². The highest BCUT2D eigenvalue weighted by atomic mass is 35.5. The van der Waals surface area contributed by atoms with E-state index in [0.717, 1.165) is 6.26 Å². The zero-order valence-corrected chi connectivity index (χ0v) is 15.7. The molecule has 0 aliphatic heterocycles. The maximum absolute atomic E-state index is 11.5. The average Bonchev–Trinajstić information content (AvgIpc) is 2.57. The fourth-order valence-electron chi connectivity index (χ4n) is 2.01. The third-order valence-electron chi connectivity index (χ3n) is 3.03. The van der Waals surface area contributed by atoms with Crippen LogP contribution in [0.5, 0.6) is 5.75 Å². The Hall–Kier alpha value is -2.58. The van der Waals surface area contributed by atoms with E-state index in [1.807, 2.05) is 0 Å². The molecule has 0 aliphatic rings. The van der Waals surface area contributed by atoms with E-state index in [-0.39, 0.29) is 12.4 Å². The fraction of sp³-hybridized carbons (Fsp3) is 0.176. The normalized spacial score (nSPS) is 11.7. The third-order valence-corrected chi connectivity index (χ3v) is 3.77. The molecule has 0 saturated heterocycles. The van der Waals surface area contributed by atoms with Crippen molar-refractivity contribution in [3.63, 3.8) is 0 Å². The number of hydrogen-bond acceptors (Lipinski definition) is 6. The lowest BCUT2D eigenvalue weighted by molar-refractivity contribution is 0.152. The summed E-state index contributed by atoms with van der Waals surface area (Å²) in [6, 6.07) is 13.1. The van der Waals surface area contributed by atoms with E-state index in [1.54, 1.807) is 43.3 Å². The van der Waals surface area contributed by atoms with Gasteiger partial charge in [0, 0.05) is 16.1 Å². The maximum Gasteiger partial charge on any atom is 0.427 e. The molecule has 0 atom stereocenters. The summed E-state index contributed by atoms with van der Waals surface area (Å²) in [5, 5.41) is 4.67. The van der Waals surface area contributed by atoms with Gasteiger partial charge in [-0.15, -0.1) is 0 Å². The van der Waals surface area contributed by atoms with E-state index in [2.05, 4.69) is 10.5 Å². The van der Waals surface area contributed by atoms with Crippen molar-refractivity contribution >= 4 is 33.5 Å². The molecule has 0 bridgehead atoms. The number of carbonyl (C=O) groups excluding carboxylic acids is 1. The number of nitrogens with one attached hydrogen (secondary N) is 1. The summed E-state index contributed by atoms with van der Waals surface area (Å²) in [4.78, 5) is 11.5. The van der Waals surface area contributed by atoms with Crippen molar-refractivity contribution in [2.45, 2.75) is 6.92 Å². The monoisotopic (exact) mass is 396 g/mol. The second kappa shape index (κ2) is 8.68. The number of halogens is 1. The number of benzene rings is 2. The van der Waals surface area contributed by atoms with E-state index < -0.39 is 16.2 Å². The minimum Gasteiger partial charge on any atom is -0.449 e. The topological polar surface area (TPSA) is 94.1 Å². The third kappa shape index (κ3) is 6.05. The summed E-state index contributed by atoms with van der Waals surface area (Å²) in [5.74, 6) is 0.171. The van der Waals surface area contributed by atoms with E-state index in [9.17, 15) is 13.2 Å². The van der Waals surface area contributed by atoms with Gasteiger partial charge < -0.3 is 8.92 Å². The van der Waals surface area contributed by atoms with Gasteiger partial charge in [0.1, 0.15) is 5.75 Å². The smallest absolute Gasteiger partial charge is 0.427 e. The molecule has 0 unspecified atom stereocenters. The summed E-state index contributed by atoms with van der Waals surface area (Å²) in [7, 11) is -3.61. The number of nitrogens with zero attached hydrogens (tertiary/aromatic N) is 1. The van der Waals surface area contributed by atoms with Crippen molar-refractivity contribution < 1.29 is 22.1 Å². The Morgan fingerprint density at radius 1 is 1.08 bits per heavy atom. The average molecular weight is 397 g/mol. The van der Waals surface area contributed by atoms with Crippen molar-refractivity contribution in [3.05, 3.63) is 64.7 Å². The number of hydrogen-bond donors (Lipinski definition) is 1. The zero-order chi connectivity index (χ0) is 19.2. The van der Waals surface area contributed by atoms with Crippen LogP contribution in [0.25, 0.3) is 0 Å². The van der Waals surface area contributed by atoms with Gasteiger partial charge in [-0.05, 0) is 43.3 Å². The second-order valence-corrected chi connectivity index (χ2v) is 7.12. The molecule has 0 fully saturated rings. The highest BCUT2D eigenvalue weighted by molar-refractivity contribution is 7.86. The Balaban J connectivity index is 2.35. The number of hydrazone groups is 1. The summed E-state index contributed by atoms with van der Waals surface area (Å²) in [6.45, 7) is 1.90. The SMILES string of the molecule is CCOC(=O)N/N=C(/c1ccc(Cl)cc1)c1ccc(OS(C)(=O)=O)cc1. The van der Waals surface area contributed by atoms with E-state index in [4.69, 9.17) is 20.5 Å². The van der Waals surface area contributed by atoms with Gasteiger partial charge in [-0.25, -0.2) is 10.2 Å². The van der Waals surface area contributed by atoms with Crippen LogP contribution in [0, 0.1) is 0 Å². The molecule has 0 aliphatic carbocycles. The van der Waals surface area contributed by atoms with Gasteiger partial charge in [-0.1, -0.05) is 23.7 Å². The molecule has 0 radical (unpaired) electrons. The Labute approximate surface area is 156 Å². The first-order valence-electron chi connectivity index (χ1n) is 7.55. The number of carbonyl (C=O) groups is 1. The van der Waals surface area contributed by atoms with Crippen LogP contribution < -0.4 is 9.61 Å². The molecule has 0 spiro atoms. The van der Waals surface area contributed by atoms with Crippen molar-refractivity contribution in [2.24, 2.45) is 5.10 Å². The van der Waals surface area contributed by atoms with Crippen LogP contribution in [-0.2, 0) is 14.9 Å². The molecular formula is C17H17ClN2O5S.